The number of nitrogen functional groups attached to an aromatic ring is 1. The second-order valence-corrected chi connectivity index (χ2v) is 5.71. The highest BCUT2D eigenvalue weighted by atomic mass is 35.5. The van der Waals surface area contributed by atoms with Gasteiger partial charge in [-0.25, -0.2) is 0 Å². The van der Waals surface area contributed by atoms with E-state index in [1.165, 1.54) is 0 Å². The molecule has 1 aromatic rings. The molecule has 0 bridgehead atoms. The summed E-state index contributed by atoms with van der Waals surface area (Å²) in [5.74, 6) is 1.84. The van der Waals surface area contributed by atoms with Crippen molar-refractivity contribution in [3.8, 4) is 0 Å². The number of rotatable bonds is 8. The van der Waals surface area contributed by atoms with Crippen LogP contribution in [0.25, 0.3) is 0 Å². The summed E-state index contributed by atoms with van der Waals surface area (Å²) in [6, 6.07) is 5.04. The topological polar surface area (TPSA) is 75.3 Å². The van der Waals surface area contributed by atoms with Crippen LogP contribution in [0.15, 0.2) is 18.2 Å². The Morgan fingerprint density at radius 2 is 2.11 bits per heavy atom. The zero-order valence-electron chi connectivity index (χ0n) is 10.7. The Kier molecular flexibility index (Phi) is 7.70. The fourth-order valence-corrected chi connectivity index (χ4v) is 2.45. The molecule has 0 radical (unpaired) electrons. The fraction of sp³-hybridized carbons (Fsp3) is 0.462. The van der Waals surface area contributed by atoms with Gasteiger partial charge in [-0.05, 0) is 42.5 Å². The molecule has 1 aromatic carbocycles. The van der Waals surface area contributed by atoms with Crippen LogP contribution in [-0.4, -0.2) is 29.1 Å². The molecule has 0 aromatic heterocycles. The zero-order chi connectivity index (χ0) is 14.1. The molecular formula is C13H19ClN2O2S. The lowest BCUT2D eigenvalue weighted by Gasteiger charge is -2.06. The van der Waals surface area contributed by atoms with Crippen molar-refractivity contribution in [3.05, 3.63) is 23.2 Å². The number of halogens is 1. The summed E-state index contributed by atoms with van der Waals surface area (Å²) in [5, 5.41) is 11.9. The van der Waals surface area contributed by atoms with E-state index in [0.29, 0.717) is 22.8 Å². The number of nitrogens with two attached hydrogens (primary N) is 1. The summed E-state index contributed by atoms with van der Waals surface area (Å²) in [5.41, 5.74) is 6.78. The van der Waals surface area contributed by atoms with Crippen LogP contribution >= 0.6 is 23.4 Å². The van der Waals surface area contributed by atoms with E-state index in [2.05, 4.69) is 5.32 Å². The number of carbonyl (C=O) groups excluding carboxylic acids is 1. The van der Waals surface area contributed by atoms with E-state index in [1.54, 1.807) is 30.0 Å². The van der Waals surface area contributed by atoms with Gasteiger partial charge in [0.15, 0.2) is 0 Å². The van der Waals surface area contributed by atoms with E-state index < -0.39 is 0 Å². The molecule has 1 rings (SSSR count). The lowest BCUT2D eigenvalue weighted by atomic mass is 10.2. The van der Waals surface area contributed by atoms with Crippen molar-refractivity contribution in [3.63, 3.8) is 0 Å². The second kappa shape index (κ2) is 9.07. The predicted octanol–water partition coefficient (Wildman–Crippen LogP) is 2.76. The number of aliphatic hydroxyl groups is 1. The van der Waals surface area contributed by atoms with Crippen LogP contribution in [0.3, 0.4) is 0 Å². The highest BCUT2D eigenvalue weighted by molar-refractivity contribution is 7.99. The highest BCUT2D eigenvalue weighted by Gasteiger charge is 2.04. The smallest absolute Gasteiger partial charge is 0.224 e. The number of amides is 1. The van der Waals surface area contributed by atoms with Crippen molar-refractivity contribution in [1.82, 2.24) is 0 Å². The molecule has 0 aliphatic rings. The molecule has 19 heavy (non-hydrogen) atoms. The summed E-state index contributed by atoms with van der Waals surface area (Å²) < 4.78 is 0. The first-order valence-corrected chi connectivity index (χ1v) is 7.70. The second-order valence-electron chi connectivity index (χ2n) is 4.08. The fourth-order valence-electron chi connectivity index (χ4n) is 1.45. The molecule has 4 nitrogen and oxygen atoms in total. The van der Waals surface area contributed by atoms with E-state index in [-0.39, 0.29) is 12.5 Å². The monoisotopic (exact) mass is 302 g/mol. The quantitative estimate of drug-likeness (QED) is 0.510. The SMILES string of the molecule is Nc1cc(NC(=O)CCCSCCCO)ccc1Cl. The van der Waals surface area contributed by atoms with Crippen molar-refractivity contribution >= 4 is 40.6 Å². The van der Waals surface area contributed by atoms with Crippen LogP contribution in [0.5, 0.6) is 0 Å². The molecule has 0 fully saturated rings. The van der Waals surface area contributed by atoms with Gasteiger partial charge < -0.3 is 16.2 Å². The number of hydrogen-bond donors (Lipinski definition) is 3. The van der Waals surface area contributed by atoms with Gasteiger partial charge in [0.2, 0.25) is 5.91 Å². The minimum atomic E-state index is -0.0236. The highest BCUT2D eigenvalue weighted by Crippen LogP contribution is 2.22. The number of benzene rings is 1. The molecule has 6 heteroatoms. The van der Waals surface area contributed by atoms with E-state index in [4.69, 9.17) is 22.4 Å². The van der Waals surface area contributed by atoms with E-state index in [9.17, 15) is 4.79 Å². The van der Waals surface area contributed by atoms with Gasteiger partial charge in [-0.15, -0.1) is 0 Å². The maximum atomic E-state index is 11.7. The molecule has 0 aliphatic carbocycles. The van der Waals surface area contributed by atoms with Crippen LogP contribution in [0.2, 0.25) is 5.02 Å². The third kappa shape index (κ3) is 6.71. The predicted molar refractivity (Wildman–Crippen MR) is 82.8 cm³/mol. The zero-order valence-corrected chi connectivity index (χ0v) is 12.3. The van der Waals surface area contributed by atoms with E-state index in [1.807, 2.05) is 0 Å². The Hall–Kier alpha value is -0.910. The number of anilines is 2. The summed E-state index contributed by atoms with van der Waals surface area (Å²) in [6.07, 6.45) is 2.11. The minimum absolute atomic E-state index is 0.0236. The van der Waals surface area contributed by atoms with Gasteiger partial charge >= 0.3 is 0 Å². The Labute approximate surface area is 122 Å². The Morgan fingerprint density at radius 3 is 2.79 bits per heavy atom. The molecular weight excluding hydrogens is 284 g/mol. The summed E-state index contributed by atoms with van der Waals surface area (Å²) in [4.78, 5) is 11.7. The minimum Gasteiger partial charge on any atom is -0.397 e. The summed E-state index contributed by atoms with van der Waals surface area (Å²) in [7, 11) is 0. The average molecular weight is 303 g/mol. The van der Waals surface area contributed by atoms with Crippen LogP contribution in [0, 0.1) is 0 Å². The molecule has 0 heterocycles. The first-order chi connectivity index (χ1) is 9.13. The van der Waals surface area contributed by atoms with E-state index >= 15 is 0 Å². The lowest BCUT2D eigenvalue weighted by Crippen LogP contribution is -2.11. The molecule has 0 unspecified atom stereocenters. The normalized spacial score (nSPS) is 10.4. The number of hydrogen-bond acceptors (Lipinski definition) is 4. The van der Waals surface area contributed by atoms with Gasteiger partial charge in [0.1, 0.15) is 0 Å². The van der Waals surface area contributed by atoms with Gasteiger partial charge in [-0.2, -0.15) is 11.8 Å². The molecule has 0 saturated carbocycles. The summed E-state index contributed by atoms with van der Waals surface area (Å²) >= 11 is 7.56. The van der Waals surface area contributed by atoms with Crippen LogP contribution in [-0.2, 0) is 4.79 Å². The van der Waals surface area contributed by atoms with Gasteiger partial charge in [-0.1, -0.05) is 11.6 Å². The number of carbonyl (C=O) groups is 1. The number of nitrogens with one attached hydrogen (secondary N) is 1. The molecule has 4 N–H and O–H groups in total. The van der Waals surface area contributed by atoms with Crippen molar-refractivity contribution in [2.75, 3.05) is 29.2 Å². The Bertz CT molecular complexity index is 416. The third-order valence-electron chi connectivity index (χ3n) is 2.42. The molecule has 0 spiro atoms. The molecule has 0 aliphatic heterocycles. The van der Waals surface area contributed by atoms with Crippen molar-refractivity contribution in [2.24, 2.45) is 0 Å². The number of thioether (sulfide) groups is 1. The first-order valence-electron chi connectivity index (χ1n) is 6.17. The van der Waals surface area contributed by atoms with Gasteiger partial charge in [0, 0.05) is 18.7 Å². The number of aliphatic hydroxyl groups excluding tert-OH is 1. The van der Waals surface area contributed by atoms with Crippen molar-refractivity contribution in [2.45, 2.75) is 19.3 Å². The lowest BCUT2D eigenvalue weighted by molar-refractivity contribution is -0.116. The maximum absolute atomic E-state index is 11.7. The van der Waals surface area contributed by atoms with Crippen LogP contribution in [0.4, 0.5) is 11.4 Å². The van der Waals surface area contributed by atoms with E-state index in [0.717, 1.165) is 24.3 Å². The Morgan fingerprint density at radius 1 is 1.37 bits per heavy atom. The largest absolute Gasteiger partial charge is 0.397 e. The van der Waals surface area contributed by atoms with Crippen LogP contribution in [0.1, 0.15) is 19.3 Å². The molecule has 1 amide bonds. The Balaban J connectivity index is 2.21. The molecule has 0 saturated heterocycles. The van der Waals surface area contributed by atoms with Gasteiger partial charge in [0.25, 0.3) is 0 Å². The van der Waals surface area contributed by atoms with Gasteiger partial charge in [0.05, 0.1) is 10.7 Å². The van der Waals surface area contributed by atoms with Gasteiger partial charge in [-0.3, -0.25) is 4.79 Å². The van der Waals surface area contributed by atoms with Crippen molar-refractivity contribution < 1.29 is 9.90 Å². The summed E-state index contributed by atoms with van der Waals surface area (Å²) in [6.45, 7) is 0.228. The average Bonchev–Trinajstić information content (AvgIpc) is 2.38. The molecule has 106 valence electrons. The maximum Gasteiger partial charge on any atom is 0.224 e. The van der Waals surface area contributed by atoms with Crippen LogP contribution < -0.4 is 11.1 Å². The third-order valence-corrected chi connectivity index (χ3v) is 3.92. The molecule has 0 atom stereocenters. The first kappa shape index (κ1) is 16.1. The van der Waals surface area contributed by atoms with Crippen molar-refractivity contribution in [1.29, 1.82) is 0 Å². The standard InChI is InChI=1S/C13H19ClN2O2S/c14-11-5-4-10(9-12(11)15)16-13(18)3-1-7-19-8-2-6-17/h4-5,9,17H,1-3,6-8,15H2,(H,16,18).